The van der Waals surface area contributed by atoms with Gasteiger partial charge in [-0.1, -0.05) is 12.1 Å². The molecule has 2 aromatic carbocycles. The molecule has 0 atom stereocenters. The third-order valence-corrected chi connectivity index (χ3v) is 3.31. The van der Waals surface area contributed by atoms with E-state index in [2.05, 4.69) is 0 Å². The van der Waals surface area contributed by atoms with Crippen molar-refractivity contribution in [2.45, 2.75) is 13.5 Å². The summed E-state index contributed by atoms with van der Waals surface area (Å²) in [4.78, 5) is 13.7. The maximum absolute atomic E-state index is 13.7. The molecule has 0 heterocycles. The lowest BCUT2D eigenvalue weighted by molar-refractivity contribution is 0.0784. The molecule has 5 heteroatoms. The van der Waals surface area contributed by atoms with Crippen molar-refractivity contribution in [3.05, 3.63) is 58.9 Å². The van der Waals surface area contributed by atoms with Crippen LogP contribution in [0.25, 0.3) is 0 Å². The van der Waals surface area contributed by atoms with Crippen LogP contribution in [-0.4, -0.2) is 23.0 Å². The second kappa shape index (κ2) is 5.83. The fourth-order valence-corrected chi connectivity index (χ4v) is 2.04. The Kier molecular flexibility index (Phi) is 4.12. The smallest absolute Gasteiger partial charge is 0.254 e. The fourth-order valence-electron chi connectivity index (χ4n) is 2.04. The number of halogens is 1. The summed E-state index contributed by atoms with van der Waals surface area (Å²) in [5.41, 5.74) is 7.27. The summed E-state index contributed by atoms with van der Waals surface area (Å²) in [5.74, 6) is -0.688. The number of phenolic OH excluding ortho intramolecular Hbond substituents is 1. The molecule has 0 aliphatic carbocycles. The molecule has 0 aliphatic rings. The van der Waals surface area contributed by atoms with Gasteiger partial charge >= 0.3 is 0 Å². The van der Waals surface area contributed by atoms with Crippen LogP contribution in [0.5, 0.6) is 5.75 Å². The van der Waals surface area contributed by atoms with E-state index in [1.807, 2.05) is 0 Å². The molecular formula is C16H17FN2O2. The van der Waals surface area contributed by atoms with Crippen molar-refractivity contribution in [1.29, 1.82) is 0 Å². The van der Waals surface area contributed by atoms with Crippen LogP contribution in [0.3, 0.4) is 0 Å². The van der Waals surface area contributed by atoms with Crippen molar-refractivity contribution in [2.24, 2.45) is 0 Å². The number of nitrogens with two attached hydrogens (primary N) is 1. The summed E-state index contributed by atoms with van der Waals surface area (Å²) in [6.07, 6.45) is 0. The standard InChI is InChI=1S/C16H17FN2O2/c1-10-14(17)7-12(8-15(10)18)16(21)19(2)9-11-4-3-5-13(20)6-11/h3-8,20H,9,18H2,1-2H3. The zero-order valence-electron chi connectivity index (χ0n) is 11.9. The molecule has 3 N–H and O–H groups in total. The molecule has 0 aromatic heterocycles. The average Bonchev–Trinajstić information content (AvgIpc) is 2.43. The molecule has 1 amide bonds. The first-order valence-corrected chi connectivity index (χ1v) is 6.47. The van der Waals surface area contributed by atoms with Crippen molar-refractivity contribution in [2.75, 3.05) is 12.8 Å². The summed E-state index contributed by atoms with van der Waals surface area (Å²) in [5, 5.41) is 9.42. The highest BCUT2D eigenvalue weighted by Gasteiger charge is 2.15. The molecule has 4 nitrogen and oxygen atoms in total. The number of carbonyl (C=O) groups is 1. The number of rotatable bonds is 3. The van der Waals surface area contributed by atoms with E-state index in [0.717, 1.165) is 5.56 Å². The van der Waals surface area contributed by atoms with Gasteiger partial charge in [-0.15, -0.1) is 0 Å². The molecule has 2 aromatic rings. The summed E-state index contributed by atoms with van der Waals surface area (Å²) < 4.78 is 13.7. The first-order chi connectivity index (χ1) is 9.88. The lowest BCUT2D eigenvalue weighted by Gasteiger charge is -2.18. The number of hydrogen-bond acceptors (Lipinski definition) is 3. The largest absolute Gasteiger partial charge is 0.508 e. The first-order valence-electron chi connectivity index (χ1n) is 6.47. The fraction of sp³-hybridized carbons (Fsp3) is 0.188. The molecule has 110 valence electrons. The Bertz CT molecular complexity index is 663. The van der Waals surface area contributed by atoms with Gasteiger partial charge in [0.05, 0.1) is 0 Å². The van der Waals surface area contributed by atoms with E-state index in [1.165, 1.54) is 17.0 Å². The predicted molar refractivity (Wildman–Crippen MR) is 79.5 cm³/mol. The van der Waals surface area contributed by atoms with Crippen LogP contribution in [0.1, 0.15) is 21.5 Å². The highest BCUT2D eigenvalue weighted by Crippen LogP contribution is 2.19. The number of hydrogen-bond donors (Lipinski definition) is 2. The van der Waals surface area contributed by atoms with Gasteiger partial charge in [0.15, 0.2) is 0 Å². The topological polar surface area (TPSA) is 66.6 Å². The Morgan fingerprint density at radius 1 is 1.33 bits per heavy atom. The molecule has 0 saturated heterocycles. The van der Waals surface area contributed by atoms with E-state index in [0.29, 0.717) is 12.1 Å². The average molecular weight is 288 g/mol. The number of benzene rings is 2. The summed E-state index contributed by atoms with van der Waals surface area (Å²) in [6.45, 7) is 1.87. The minimum absolute atomic E-state index is 0.138. The van der Waals surface area contributed by atoms with E-state index < -0.39 is 5.82 Å². The molecule has 0 saturated carbocycles. The lowest BCUT2D eigenvalue weighted by atomic mass is 10.1. The molecule has 2 rings (SSSR count). The second-order valence-corrected chi connectivity index (χ2v) is 5.00. The van der Waals surface area contributed by atoms with Crippen LogP contribution >= 0.6 is 0 Å². The monoisotopic (exact) mass is 288 g/mol. The molecular weight excluding hydrogens is 271 g/mol. The Balaban J connectivity index is 2.20. The minimum atomic E-state index is -0.496. The highest BCUT2D eigenvalue weighted by molar-refractivity contribution is 5.95. The number of nitrogens with zero attached hydrogens (tertiary/aromatic N) is 1. The van der Waals surface area contributed by atoms with Gasteiger partial charge < -0.3 is 15.7 Å². The van der Waals surface area contributed by atoms with Crippen molar-refractivity contribution >= 4 is 11.6 Å². The molecule has 0 aliphatic heterocycles. The Morgan fingerprint density at radius 3 is 2.67 bits per heavy atom. The van der Waals surface area contributed by atoms with Gasteiger partial charge in [0.25, 0.3) is 5.91 Å². The second-order valence-electron chi connectivity index (χ2n) is 5.00. The number of anilines is 1. The maximum Gasteiger partial charge on any atom is 0.254 e. The Hall–Kier alpha value is -2.56. The van der Waals surface area contributed by atoms with Gasteiger partial charge in [-0.05, 0) is 36.8 Å². The van der Waals surface area contributed by atoms with Crippen LogP contribution in [0.2, 0.25) is 0 Å². The van der Waals surface area contributed by atoms with Crippen LogP contribution in [0, 0.1) is 12.7 Å². The highest BCUT2D eigenvalue weighted by atomic mass is 19.1. The van der Waals surface area contributed by atoms with Crippen LogP contribution in [0.4, 0.5) is 10.1 Å². The van der Waals surface area contributed by atoms with Gasteiger partial charge in [0.1, 0.15) is 11.6 Å². The Morgan fingerprint density at radius 2 is 2.05 bits per heavy atom. The summed E-state index contributed by atoms with van der Waals surface area (Å²) in [6, 6.07) is 9.29. The van der Waals surface area contributed by atoms with E-state index in [1.54, 1.807) is 38.2 Å². The molecule has 0 bridgehead atoms. The number of phenols is 1. The van der Waals surface area contributed by atoms with Gasteiger partial charge in [-0.2, -0.15) is 0 Å². The van der Waals surface area contributed by atoms with Crippen molar-refractivity contribution in [1.82, 2.24) is 4.90 Å². The first kappa shape index (κ1) is 14.8. The van der Waals surface area contributed by atoms with Crippen molar-refractivity contribution < 1.29 is 14.3 Å². The number of aromatic hydroxyl groups is 1. The lowest BCUT2D eigenvalue weighted by Crippen LogP contribution is -2.26. The van der Waals surface area contributed by atoms with E-state index >= 15 is 0 Å². The van der Waals surface area contributed by atoms with E-state index in [4.69, 9.17) is 5.73 Å². The zero-order valence-corrected chi connectivity index (χ0v) is 11.9. The van der Waals surface area contributed by atoms with Gasteiger partial charge in [-0.3, -0.25) is 4.79 Å². The minimum Gasteiger partial charge on any atom is -0.508 e. The normalized spacial score (nSPS) is 10.4. The van der Waals surface area contributed by atoms with E-state index in [-0.39, 0.29) is 22.9 Å². The zero-order chi connectivity index (χ0) is 15.6. The third-order valence-electron chi connectivity index (χ3n) is 3.31. The number of nitrogen functional groups attached to an aromatic ring is 1. The van der Waals surface area contributed by atoms with Gasteiger partial charge in [-0.25, -0.2) is 4.39 Å². The van der Waals surface area contributed by atoms with Crippen LogP contribution in [0.15, 0.2) is 36.4 Å². The predicted octanol–water partition coefficient (Wildman–Crippen LogP) is 2.69. The molecule has 0 fully saturated rings. The quantitative estimate of drug-likeness (QED) is 0.853. The van der Waals surface area contributed by atoms with Crippen molar-refractivity contribution in [3.63, 3.8) is 0 Å². The number of carbonyl (C=O) groups excluding carboxylic acids is 1. The molecule has 0 unspecified atom stereocenters. The number of amides is 1. The molecule has 0 radical (unpaired) electrons. The maximum atomic E-state index is 13.7. The van der Waals surface area contributed by atoms with Crippen molar-refractivity contribution in [3.8, 4) is 5.75 Å². The van der Waals surface area contributed by atoms with Gasteiger partial charge in [0, 0.05) is 30.4 Å². The van der Waals surface area contributed by atoms with E-state index in [9.17, 15) is 14.3 Å². The third kappa shape index (κ3) is 3.31. The van der Waals surface area contributed by atoms with Gasteiger partial charge in [0.2, 0.25) is 0 Å². The van der Waals surface area contributed by atoms with Crippen LogP contribution < -0.4 is 5.73 Å². The van der Waals surface area contributed by atoms with Crippen LogP contribution in [-0.2, 0) is 6.54 Å². The molecule has 21 heavy (non-hydrogen) atoms. The SMILES string of the molecule is Cc1c(N)cc(C(=O)N(C)Cc2cccc(O)c2)cc1F. The molecule has 0 spiro atoms. The summed E-state index contributed by atoms with van der Waals surface area (Å²) in [7, 11) is 1.61. The Labute approximate surface area is 122 Å². The summed E-state index contributed by atoms with van der Waals surface area (Å²) >= 11 is 0.